The Hall–Kier alpha value is 0.730. The first-order chi connectivity index (χ1) is 16.8. The molecule has 0 unspecified atom stereocenters. The fraction of sp³-hybridized carbons (Fsp3) is 0. The minimum atomic E-state index is -4.26. The van der Waals surface area contributed by atoms with E-state index >= 15 is 0 Å². The number of hydrogen-bond acceptors (Lipinski definition) is 12. The van der Waals surface area contributed by atoms with Gasteiger partial charge in [0.2, 0.25) is 0 Å². The van der Waals surface area contributed by atoms with E-state index in [1.807, 2.05) is 0 Å². The van der Waals surface area contributed by atoms with Gasteiger partial charge >= 0.3 is 122 Å². The summed E-state index contributed by atoms with van der Waals surface area (Å²) in [5, 5.41) is 0. The Labute approximate surface area is 260 Å². The van der Waals surface area contributed by atoms with Crippen molar-refractivity contribution >= 4 is 143 Å². The van der Waals surface area contributed by atoms with Crippen LogP contribution < -0.4 is 0 Å². The van der Waals surface area contributed by atoms with Crippen LogP contribution in [0.3, 0.4) is 0 Å². The van der Waals surface area contributed by atoms with E-state index in [1.165, 1.54) is 7.14 Å². The van der Waals surface area contributed by atoms with Crippen LogP contribution in [0.4, 0.5) is 17.2 Å². The minimum Gasteiger partial charge on any atom is -0.197 e. The molecule has 0 heterocycles. The van der Waals surface area contributed by atoms with Gasteiger partial charge in [0.1, 0.15) is 0 Å². The van der Waals surface area contributed by atoms with Crippen molar-refractivity contribution in [2.75, 3.05) is 0 Å². The number of rotatable bonds is 2. The lowest BCUT2D eigenvalue weighted by Gasteiger charge is -1.99. The first kappa shape index (κ1) is 47.5. The topological polar surface area (TPSA) is 205 Å². The first-order valence-corrected chi connectivity index (χ1v) is 24.5. The smallest absolute Gasteiger partial charge is 0.197 e. The largest absolute Gasteiger partial charge is 0.503 e. The number of benzene rings is 2. The first-order valence-electron chi connectivity index (χ1n) is 6.91. The predicted octanol–water partition coefficient (Wildman–Crippen LogP) is 10.1. The summed E-state index contributed by atoms with van der Waals surface area (Å²) in [6.07, 6.45) is 0. The molecular weight excluding hydrogens is 1340 g/mol. The van der Waals surface area contributed by atoms with Crippen molar-refractivity contribution in [2.45, 2.75) is 0 Å². The fourth-order valence-electron chi connectivity index (χ4n) is 1.08. The van der Waals surface area contributed by atoms with E-state index in [-0.39, 0.29) is 21.2 Å². The van der Waals surface area contributed by atoms with E-state index in [0.29, 0.717) is 0 Å². The molecule has 0 spiro atoms. The van der Waals surface area contributed by atoms with E-state index in [2.05, 4.69) is 60.7 Å². The number of halogens is 13. The van der Waals surface area contributed by atoms with Crippen molar-refractivity contribution in [2.24, 2.45) is 0 Å². The Kier molecular flexibility index (Phi) is 47.2. The summed E-state index contributed by atoms with van der Waals surface area (Å²) >= 11 is -25.6. The number of hydrogen-bond donors (Lipinski definition) is 0. The molecule has 0 fully saturated rings. The molecule has 0 saturated carbocycles. The summed E-state index contributed by atoms with van der Waals surface area (Å²) in [5.74, 6) is 0. The van der Waals surface area contributed by atoms with Crippen LogP contribution >= 0.6 is 143 Å². The lowest BCUT2D eigenvalue weighted by molar-refractivity contribution is 0.598. The van der Waals surface area contributed by atoms with E-state index in [0.717, 1.165) is 0 Å². The Balaban J connectivity index is -0.000000120. The molecule has 221 valence electrons. The zero-order chi connectivity index (χ0) is 30.4. The Morgan fingerprint density at radius 2 is 0.486 bits per heavy atom. The standard InChI is InChI=1S/C12H10I.6FIO2/c1-3-7-11(8-4-1)13-12-9-5-2-6-10-12;6*1-2(3)4/h1-10H;;;;;;. The second-order valence-electron chi connectivity index (χ2n) is 3.76. The normalized spacial score (nSPS) is 8.97. The van der Waals surface area contributed by atoms with Gasteiger partial charge in [0.25, 0.3) is 0 Å². The molecule has 0 N–H and O–H groups in total. The third-order valence-corrected chi connectivity index (χ3v) is 4.37. The highest BCUT2D eigenvalue weighted by atomic mass is 127. The minimum absolute atomic E-state index is 0.0287. The zero-order valence-electron chi connectivity index (χ0n) is 16.6. The summed E-state index contributed by atoms with van der Waals surface area (Å²) in [6.45, 7) is 0. The molecule has 0 saturated heterocycles. The molecule has 0 atom stereocenters. The summed E-state index contributed by atoms with van der Waals surface area (Å²) in [4.78, 5) is 0. The molecule has 2 rings (SSSR count). The SMILES string of the molecule is O=I(=O)F.O=I(=O)F.O=I(=O)F.O=I(=O)F.O=I(=O)F.O=I(=O)F.c1ccc([I]c2ccccc2)cc1. The average Bonchev–Trinajstić information content (AvgIpc) is 2.67. The van der Waals surface area contributed by atoms with Crippen LogP contribution in [0, 0.1) is 7.14 Å². The quantitative estimate of drug-likeness (QED) is 0.204. The highest BCUT2D eigenvalue weighted by Gasteiger charge is 1.93. The molecule has 25 heteroatoms. The molecule has 1 radical (unpaired) electrons. The second kappa shape index (κ2) is 36.7. The van der Waals surface area contributed by atoms with E-state index < -0.39 is 122 Å². The molecular formula is C12H10F6I7O12. The monoisotopic (exact) mass is 1350 g/mol. The second-order valence-corrected chi connectivity index (χ2v) is 12.9. The Morgan fingerprint density at radius 1 is 0.351 bits per heavy atom. The molecule has 0 amide bonds. The lowest BCUT2D eigenvalue weighted by atomic mass is 10.4. The summed E-state index contributed by atoms with van der Waals surface area (Å²) < 4.78 is 165. The van der Waals surface area contributed by atoms with Crippen molar-refractivity contribution in [3.8, 4) is 0 Å². The molecule has 0 aromatic heterocycles. The highest BCUT2D eigenvalue weighted by Crippen LogP contribution is 2.27. The molecule has 2 aromatic carbocycles. The van der Waals surface area contributed by atoms with Gasteiger partial charge in [-0.15, -0.1) is 17.2 Å². The van der Waals surface area contributed by atoms with Gasteiger partial charge < -0.3 is 0 Å². The van der Waals surface area contributed by atoms with Crippen LogP contribution in [0.2, 0.25) is 0 Å². The van der Waals surface area contributed by atoms with Gasteiger partial charge in [-0.05, 0) is 24.3 Å². The average molecular weight is 1350 g/mol. The zero-order valence-corrected chi connectivity index (χ0v) is 31.7. The summed E-state index contributed by atoms with van der Waals surface area (Å²) in [6, 6.07) is 21.4. The highest BCUT2D eigenvalue weighted by molar-refractivity contribution is 14.2. The van der Waals surface area contributed by atoms with Crippen molar-refractivity contribution in [3.05, 3.63) is 67.8 Å². The fourth-order valence-corrected chi connectivity index (χ4v) is 3.35. The molecule has 0 aliphatic carbocycles. The molecule has 0 aliphatic heterocycles. The Morgan fingerprint density at radius 3 is 0.622 bits per heavy atom. The molecule has 12 nitrogen and oxygen atoms in total. The van der Waals surface area contributed by atoms with Crippen LogP contribution in [0.1, 0.15) is 0 Å². The lowest BCUT2D eigenvalue weighted by Crippen LogP contribution is -1.75. The van der Waals surface area contributed by atoms with Crippen molar-refractivity contribution in [1.82, 2.24) is 0 Å². The maximum Gasteiger partial charge on any atom is 0.503 e. The van der Waals surface area contributed by atoms with Crippen molar-refractivity contribution in [1.29, 1.82) is 0 Å². The third kappa shape index (κ3) is 103. The maximum atomic E-state index is 10.0. The van der Waals surface area contributed by atoms with Crippen LogP contribution in [-0.2, 0) is 36.8 Å². The van der Waals surface area contributed by atoms with Gasteiger partial charge in [0.15, 0.2) is 0 Å². The van der Waals surface area contributed by atoms with Gasteiger partial charge in [-0.2, -0.15) is 36.8 Å². The van der Waals surface area contributed by atoms with Crippen molar-refractivity contribution < 1.29 is 54.0 Å². The van der Waals surface area contributed by atoms with Gasteiger partial charge in [0.05, 0.1) is 0 Å². The third-order valence-electron chi connectivity index (χ3n) is 1.68. The molecule has 0 bridgehead atoms. The van der Waals surface area contributed by atoms with Crippen LogP contribution in [0.15, 0.2) is 60.7 Å². The molecule has 37 heavy (non-hydrogen) atoms. The van der Waals surface area contributed by atoms with E-state index in [4.69, 9.17) is 36.8 Å². The van der Waals surface area contributed by atoms with Gasteiger partial charge in [-0.25, -0.2) is 0 Å². The predicted molar refractivity (Wildman–Crippen MR) is 163 cm³/mol. The van der Waals surface area contributed by atoms with Gasteiger partial charge in [-0.3, -0.25) is 0 Å². The summed E-state index contributed by atoms with van der Waals surface area (Å²) in [7, 11) is 0. The van der Waals surface area contributed by atoms with Crippen molar-refractivity contribution in [3.63, 3.8) is 0 Å². The summed E-state index contributed by atoms with van der Waals surface area (Å²) in [5.41, 5.74) is 0. The Bertz CT molecular complexity index is 1020. The van der Waals surface area contributed by atoms with Crippen LogP contribution in [-0.4, -0.2) is 0 Å². The molecule has 0 aliphatic rings. The van der Waals surface area contributed by atoms with Gasteiger partial charge in [-0.1, -0.05) is 57.6 Å². The van der Waals surface area contributed by atoms with Crippen LogP contribution in [0.5, 0.6) is 0 Å². The maximum absolute atomic E-state index is 10.0. The molecule has 2 aromatic rings. The van der Waals surface area contributed by atoms with E-state index in [1.54, 1.807) is 0 Å². The van der Waals surface area contributed by atoms with Crippen LogP contribution in [0.25, 0.3) is 0 Å². The van der Waals surface area contributed by atoms with E-state index in [9.17, 15) is 17.2 Å². The van der Waals surface area contributed by atoms with Gasteiger partial charge in [0, 0.05) is 7.14 Å².